The summed E-state index contributed by atoms with van der Waals surface area (Å²) in [5.41, 5.74) is -7.69. The van der Waals surface area contributed by atoms with Crippen LogP contribution in [-0.2, 0) is 0 Å². The van der Waals surface area contributed by atoms with E-state index < -0.39 is 45.4 Å². The van der Waals surface area contributed by atoms with Gasteiger partial charge in [-0.3, -0.25) is 0 Å². The summed E-state index contributed by atoms with van der Waals surface area (Å²) in [6.45, 7) is 61.6. The fourth-order valence-corrected chi connectivity index (χ4v) is 9.59. The molecule has 6 atom stereocenters. The van der Waals surface area contributed by atoms with E-state index in [0.29, 0.717) is 82.5 Å². The molecule has 0 saturated heterocycles. The highest BCUT2D eigenvalue weighted by Crippen LogP contribution is 2.43. The van der Waals surface area contributed by atoms with E-state index in [0.717, 1.165) is 64.2 Å². The third-order valence-corrected chi connectivity index (χ3v) is 17.8. The van der Waals surface area contributed by atoms with Crippen LogP contribution in [0.15, 0.2) is 0 Å². The maximum absolute atomic E-state index is 14.0. The molecule has 0 aromatic rings. The van der Waals surface area contributed by atoms with Crippen LogP contribution in [0, 0.1) is 40.9 Å². The highest BCUT2D eigenvalue weighted by molar-refractivity contribution is 4.90. The number of rotatable bonds is 28. The lowest BCUT2D eigenvalue weighted by Gasteiger charge is -2.39. The molecule has 0 radical (unpaired) electrons. The first kappa shape index (κ1) is 91.9. The predicted molar refractivity (Wildman–Crippen MR) is 333 cm³/mol. The van der Waals surface area contributed by atoms with Crippen LogP contribution in [0.5, 0.6) is 0 Å². The molecular weight excluding hydrogens is 969 g/mol. The summed E-state index contributed by atoms with van der Waals surface area (Å²) < 4.78 is 106. The van der Waals surface area contributed by atoms with Crippen LogP contribution >= 0.6 is 0 Å². The largest absolute Gasteiger partial charge is 0.244 e. The topological polar surface area (TPSA) is 0 Å². The molecule has 0 aromatic carbocycles. The van der Waals surface area contributed by atoms with Gasteiger partial charge in [0.05, 0.1) is 0 Å². The first-order valence-corrected chi connectivity index (χ1v) is 31.8. The smallest absolute Gasteiger partial charge is 0.113 e. The van der Waals surface area contributed by atoms with Gasteiger partial charge in [-0.15, -0.1) is 0 Å². The van der Waals surface area contributed by atoms with Crippen LogP contribution in [0.1, 0.15) is 356 Å². The number of halogens is 8. The summed E-state index contributed by atoms with van der Waals surface area (Å²) in [5, 5.41) is 0. The standard InChI is InChI=1S/C11H23F.2C10H21F.C9H19F.C8H17F.2C7H15F.C6H13F/c1-7-11(6,12)10(8(2)3)9(4)5;1-6-9(4,7-2)10(5,11)8-3;1-5-8-10(4,11)9(6-2)7-3;1-5-8(6-2)9(4,10)7-3;1-4-6-8(3,9)7-5-2;1-5-7(4,8)6(2)3;1-4-6-7(3,8)5-2;1-4-6(3,7)5-2/h8-10H,7H2,1-6H3;6-8H2,1-5H3;9H,5-8H2,1-4H3;8H,5-7H2,1-4H3;4-7H2,1-3H3;6H,5H2,1-4H3;4-6H2,1-3H3;4-5H2,1-3H3/t11-;2*10-;9-;;2*7-;/m0000.00./s1. The molecule has 0 aliphatic heterocycles. The van der Waals surface area contributed by atoms with E-state index in [4.69, 9.17) is 0 Å². The second-order valence-corrected chi connectivity index (χ2v) is 25.5. The van der Waals surface area contributed by atoms with Gasteiger partial charge >= 0.3 is 0 Å². The summed E-state index contributed by atoms with van der Waals surface area (Å²) in [5.74, 6) is 1.69. The monoisotopic (exact) mass is 1110 g/mol. The quantitative estimate of drug-likeness (QED) is 0.0685. The van der Waals surface area contributed by atoms with E-state index in [9.17, 15) is 35.1 Å². The van der Waals surface area contributed by atoms with Crippen LogP contribution in [0.4, 0.5) is 35.1 Å². The van der Waals surface area contributed by atoms with Gasteiger partial charge in [0.15, 0.2) is 0 Å². The Morgan fingerprint density at radius 2 is 0.553 bits per heavy atom. The zero-order chi connectivity index (χ0) is 62.8. The van der Waals surface area contributed by atoms with Gasteiger partial charge in [-0.1, -0.05) is 218 Å². The van der Waals surface area contributed by atoms with Crippen molar-refractivity contribution in [2.75, 3.05) is 0 Å². The van der Waals surface area contributed by atoms with Crippen molar-refractivity contribution in [3.8, 4) is 0 Å². The van der Waals surface area contributed by atoms with Crippen molar-refractivity contribution in [2.24, 2.45) is 40.9 Å². The van der Waals surface area contributed by atoms with Crippen molar-refractivity contribution in [1.82, 2.24) is 0 Å². The number of hydrogen-bond acceptors (Lipinski definition) is 0. The van der Waals surface area contributed by atoms with E-state index in [1.807, 2.05) is 96.9 Å². The first-order chi connectivity index (χ1) is 34.3. The van der Waals surface area contributed by atoms with Crippen molar-refractivity contribution >= 4 is 0 Å². The zero-order valence-electron chi connectivity index (χ0n) is 57.8. The SMILES string of the molecule is CCC(C)(CC)[C@@](C)(F)CC.CCC(C)(F)CC.CCC(CC)[C@@](C)(F)CC.CCCC(C)(F)CCC.CCC[C@@](C)(F)CC.CCC[C@](C)(F)C(CC)CC.CC[C@](C)(F)C(C(C)C)C(C)C.CC[C@](C)(F)C(C)C. The molecule has 0 aromatic heterocycles. The molecule has 76 heavy (non-hydrogen) atoms. The minimum Gasteiger partial charge on any atom is -0.244 e. The van der Waals surface area contributed by atoms with Crippen LogP contribution in [0.2, 0.25) is 0 Å². The lowest BCUT2D eigenvalue weighted by Crippen LogP contribution is -2.38. The zero-order valence-corrected chi connectivity index (χ0v) is 57.8. The molecule has 0 unspecified atom stereocenters. The highest BCUT2D eigenvalue weighted by atomic mass is 19.2. The fraction of sp³-hybridized carbons (Fsp3) is 1.00. The van der Waals surface area contributed by atoms with Crippen LogP contribution in [-0.4, -0.2) is 45.4 Å². The second-order valence-electron chi connectivity index (χ2n) is 25.5. The van der Waals surface area contributed by atoms with Gasteiger partial charge < -0.3 is 0 Å². The summed E-state index contributed by atoms with van der Waals surface area (Å²) in [7, 11) is 0. The summed E-state index contributed by atoms with van der Waals surface area (Å²) in [6, 6.07) is 0. The molecule has 0 fully saturated rings. The van der Waals surface area contributed by atoms with E-state index in [1.54, 1.807) is 55.4 Å². The Bertz CT molecular complexity index is 1180. The van der Waals surface area contributed by atoms with Crippen molar-refractivity contribution in [3.05, 3.63) is 0 Å². The van der Waals surface area contributed by atoms with E-state index >= 15 is 0 Å². The van der Waals surface area contributed by atoms with Crippen molar-refractivity contribution in [3.63, 3.8) is 0 Å². The average Bonchev–Trinajstić information content (AvgIpc) is 3.32. The molecule has 0 aliphatic carbocycles. The van der Waals surface area contributed by atoms with Crippen LogP contribution in [0.3, 0.4) is 0 Å². The minimum absolute atomic E-state index is 0.137. The van der Waals surface area contributed by atoms with Crippen LogP contribution in [0.25, 0.3) is 0 Å². The van der Waals surface area contributed by atoms with E-state index in [1.165, 1.54) is 0 Å². The number of alkyl halides is 8. The Balaban J connectivity index is -0.000000117. The van der Waals surface area contributed by atoms with Gasteiger partial charge in [-0.2, -0.15) is 0 Å². The number of hydrogen-bond donors (Lipinski definition) is 0. The third-order valence-electron chi connectivity index (χ3n) is 17.8. The maximum Gasteiger partial charge on any atom is 0.113 e. The lowest BCUT2D eigenvalue weighted by atomic mass is 9.70. The van der Waals surface area contributed by atoms with Crippen LogP contribution < -0.4 is 0 Å². The normalized spacial score (nSPS) is 16.5. The Hall–Kier alpha value is -0.560. The van der Waals surface area contributed by atoms with Gasteiger partial charge in [0.1, 0.15) is 45.4 Å². The average molecular weight is 1110 g/mol. The molecule has 472 valence electrons. The van der Waals surface area contributed by atoms with Gasteiger partial charge in [0, 0.05) is 5.41 Å². The Morgan fingerprint density at radius 1 is 0.276 bits per heavy atom. The van der Waals surface area contributed by atoms with Gasteiger partial charge in [-0.25, -0.2) is 35.1 Å². The molecule has 0 bridgehead atoms. The van der Waals surface area contributed by atoms with E-state index in [2.05, 4.69) is 69.2 Å². The first-order valence-electron chi connectivity index (χ1n) is 31.8. The Kier molecular flexibility index (Phi) is 56.8. The van der Waals surface area contributed by atoms with Crippen molar-refractivity contribution in [1.29, 1.82) is 0 Å². The van der Waals surface area contributed by atoms with Gasteiger partial charge in [0.25, 0.3) is 0 Å². The molecule has 0 spiro atoms. The molecule has 8 heteroatoms. The lowest BCUT2D eigenvalue weighted by molar-refractivity contribution is 0.00941. The Morgan fingerprint density at radius 3 is 0.671 bits per heavy atom. The van der Waals surface area contributed by atoms with Gasteiger partial charge in [0.2, 0.25) is 0 Å². The molecule has 0 N–H and O–H groups in total. The van der Waals surface area contributed by atoms with E-state index in [-0.39, 0.29) is 29.1 Å². The third kappa shape index (κ3) is 46.1. The highest BCUT2D eigenvalue weighted by Gasteiger charge is 2.41. The Labute approximate surface area is 476 Å². The minimum atomic E-state index is -1.00. The predicted octanol–water partition coefficient (Wildman–Crippen LogP) is 27.1. The molecular formula is C68H144F8. The molecule has 0 amide bonds. The fourth-order valence-electron chi connectivity index (χ4n) is 9.59. The molecule has 0 aliphatic rings. The van der Waals surface area contributed by atoms with Gasteiger partial charge in [-0.05, 0) is 174 Å². The maximum atomic E-state index is 14.0. The molecule has 0 rings (SSSR count). The molecule has 0 heterocycles. The summed E-state index contributed by atoms with van der Waals surface area (Å²) in [6.07, 6.45) is 16.7. The molecule has 0 nitrogen and oxygen atoms in total. The summed E-state index contributed by atoms with van der Waals surface area (Å²) >= 11 is 0. The summed E-state index contributed by atoms with van der Waals surface area (Å²) in [4.78, 5) is 0. The second kappa shape index (κ2) is 47.0. The van der Waals surface area contributed by atoms with Crippen molar-refractivity contribution < 1.29 is 35.1 Å². The van der Waals surface area contributed by atoms with Crippen molar-refractivity contribution in [2.45, 2.75) is 402 Å². The molecule has 0 saturated carbocycles.